The summed E-state index contributed by atoms with van der Waals surface area (Å²) < 4.78 is 2.21. The van der Waals surface area contributed by atoms with E-state index in [0.29, 0.717) is 11.8 Å². The molecule has 3 N–H and O–H groups in total. The largest absolute Gasteiger partial charge is 0.405 e. The van der Waals surface area contributed by atoms with Crippen LogP contribution < -0.4 is 11.1 Å². The Morgan fingerprint density at radius 1 is 1.30 bits per heavy atom. The first-order chi connectivity index (χ1) is 14.7. The number of hydrogen-bond donors (Lipinski definition) is 2. The Morgan fingerprint density at radius 3 is 2.87 bits per heavy atom. The standard InChI is InChI=1S/C25H31ClN4/c1-18-29-12-14-30(18)13-8-21-15-22-16-23(26)4-5-24(22)25(17-20(21)3-2-9-27)19-6-10-28-11-7-19/h2-5,9,12,14-16,19,25,28H,6-8,10-11,13,17,27H2,1H3/b9-2-,20-3+. The van der Waals surface area contributed by atoms with E-state index in [2.05, 4.69) is 52.3 Å². The lowest BCUT2D eigenvalue weighted by atomic mass is 9.76. The van der Waals surface area contributed by atoms with Gasteiger partial charge in [-0.05, 0) is 104 Å². The summed E-state index contributed by atoms with van der Waals surface area (Å²) >= 11 is 6.42. The molecule has 30 heavy (non-hydrogen) atoms. The number of piperidine rings is 1. The Balaban J connectivity index is 1.71. The topological polar surface area (TPSA) is 55.9 Å². The molecule has 2 aromatic rings. The molecule has 158 valence electrons. The van der Waals surface area contributed by atoms with Gasteiger partial charge in [0.1, 0.15) is 5.82 Å². The van der Waals surface area contributed by atoms with Crippen molar-refractivity contribution in [1.82, 2.24) is 14.9 Å². The Labute approximate surface area is 184 Å². The van der Waals surface area contributed by atoms with Gasteiger partial charge in [-0.15, -0.1) is 0 Å². The summed E-state index contributed by atoms with van der Waals surface area (Å²) in [5.74, 6) is 2.23. The van der Waals surface area contributed by atoms with Crippen LogP contribution in [-0.2, 0) is 6.54 Å². The van der Waals surface area contributed by atoms with Crippen molar-refractivity contribution >= 4 is 17.7 Å². The number of allylic oxidation sites excluding steroid dienone is 4. The van der Waals surface area contributed by atoms with Gasteiger partial charge in [-0.25, -0.2) is 4.98 Å². The number of hydrogen-bond acceptors (Lipinski definition) is 3. The monoisotopic (exact) mass is 422 g/mol. The summed E-state index contributed by atoms with van der Waals surface area (Å²) in [6.07, 6.45) is 16.5. The molecule has 2 heterocycles. The molecular weight excluding hydrogens is 392 g/mol. The van der Waals surface area contributed by atoms with E-state index in [4.69, 9.17) is 17.3 Å². The Kier molecular flexibility index (Phi) is 6.76. The molecule has 1 aromatic carbocycles. The zero-order valence-corrected chi connectivity index (χ0v) is 18.4. The van der Waals surface area contributed by atoms with Crippen LogP contribution in [-0.4, -0.2) is 22.6 Å². The normalized spacial score (nSPS) is 21.6. The van der Waals surface area contributed by atoms with E-state index in [1.54, 1.807) is 6.20 Å². The summed E-state index contributed by atoms with van der Waals surface area (Å²) in [5, 5.41) is 4.31. The average molecular weight is 423 g/mol. The second kappa shape index (κ2) is 9.67. The number of fused-ring (bicyclic) bond motifs is 1. The quantitative estimate of drug-likeness (QED) is 0.695. The lowest BCUT2D eigenvalue weighted by molar-refractivity contribution is 0.316. The molecule has 0 saturated carbocycles. The van der Waals surface area contributed by atoms with E-state index in [-0.39, 0.29) is 0 Å². The molecule has 0 spiro atoms. The Morgan fingerprint density at radius 2 is 2.13 bits per heavy atom. The molecule has 4 nitrogen and oxygen atoms in total. The van der Waals surface area contributed by atoms with Gasteiger partial charge < -0.3 is 15.6 Å². The third-order valence-corrected chi connectivity index (χ3v) is 6.77. The maximum absolute atomic E-state index is 6.42. The maximum Gasteiger partial charge on any atom is 0.105 e. The van der Waals surface area contributed by atoms with Gasteiger partial charge in [0.15, 0.2) is 0 Å². The third kappa shape index (κ3) is 4.71. The van der Waals surface area contributed by atoms with Crippen LogP contribution in [0.3, 0.4) is 0 Å². The van der Waals surface area contributed by atoms with Crippen molar-refractivity contribution in [3.8, 4) is 0 Å². The van der Waals surface area contributed by atoms with Crippen molar-refractivity contribution in [2.75, 3.05) is 13.1 Å². The average Bonchev–Trinajstić information content (AvgIpc) is 3.10. The molecule has 4 rings (SSSR count). The highest BCUT2D eigenvalue weighted by atomic mass is 35.5. The van der Waals surface area contributed by atoms with Crippen LogP contribution in [0, 0.1) is 12.8 Å². The molecule has 1 unspecified atom stereocenters. The van der Waals surface area contributed by atoms with E-state index < -0.39 is 0 Å². The van der Waals surface area contributed by atoms with E-state index >= 15 is 0 Å². The van der Waals surface area contributed by atoms with Gasteiger partial charge in [0.2, 0.25) is 0 Å². The van der Waals surface area contributed by atoms with Gasteiger partial charge in [-0.3, -0.25) is 0 Å². The number of rotatable bonds is 5. The fourth-order valence-corrected chi connectivity index (χ4v) is 5.07. The van der Waals surface area contributed by atoms with Crippen molar-refractivity contribution in [3.05, 3.63) is 82.1 Å². The summed E-state index contributed by atoms with van der Waals surface area (Å²) in [6.45, 7) is 5.17. The van der Waals surface area contributed by atoms with Crippen molar-refractivity contribution in [1.29, 1.82) is 0 Å². The summed E-state index contributed by atoms with van der Waals surface area (Å²) in [6, 6.07) is 6.43. The molecule has 1 aromatic heterocycles. The molecule has 0 amide bonds. The maximum atomic E-state index is 6.42. The van der Waals surface area contributed by atoms with Gasteiger partial charge in [0.05, 0.1) is 0 Å². The number of halogens is 1. The van der Waals surface area contributed by atoms with Crippen LogP contribution in [0.5, 0.6) is 0 Å². The SMILES string of the molecule is Cc1nccn1CCC1=Cc2cc(Cl)ccc2C(C2CCNCC2)C/C1=C\C=C/N. The van der Waals surface area contributed by atoms with Crippen LogP contribution in [0.4, 0.5) is 0 Å². The number of nitrogens with one attached hydrogen (secondary N) is 1. The zero-order chi connectivity index (χ0) is 20.9. The molecule has 1 fully saturated rings. The summed E-state index contributed by atoms with van der Waals surface area (Å²) in [7, 11) is 0. The van der Waals surface area contributed by atoms with E-state index in [1.807, 2.05) is 18.3 Å². The summed E-state index contributed by atoms with van der Waals surface area (Å²) in [5.41, 5.74) is 11.1. The molecule has 1 atom stereocenters. The second-order valence-electron chi connectivity index (χ2n) is 8.34. The van der Waals surface area contributed by atoms with Crippen molar-refractivity contribution in [2.24, 2.45) is 11.7 Å². The molecule has 1 aliphatic heterocycles. The van der Waals surface area contributed by atoms with Gasteiger partial charge in [-0.2, -0.15) is 0 Å². The number of imidazole rings is 1. The predicted molar refractivity (Wildman–Crippen MR) is 125 cm³/mol. The molecule has 1 aliphatic carbocycles. The summed E-state index contributed by atoms with van der Waals surface area (Å²) in [4.78, 5) is 4.37. The van der Waals surface area contributed by atoms with Gasteiger partial charge >= 0.3 is 0 Å². The molecule has 1 saturated heterocycles. The highest BCUT2D eigenvalue weighted by Crippen LogP contribution is 2.43. The fourth-order valence-electron chi connectivity index (χ4n) is 4.89. The lowest BCUT2D eigenvalue weighted by Gasteiger charge is -2.32. The first kappa shape index (κ1) is 21.0. The zero-order valence-electron chi connectivity index (χ0n) is 17.7. The van der Waals surface area contributed by atoms with Gasteiger partial charge in [-0.1, -0.05) is 29.8 Å². The highest BCUT2D eigenvalue weighted by Gasteiger charge is 2.30. The molecule has 2 aliphatic rings. The van der Waals surface area contributed by atoms with E-state index in [0.717, 1.165) is 43.3 Å². The number of aryl methyl sites for hydroxylation is 2. The Bertz CT molecular complexity index is 963. The van der Waals surface area contributed by atoms with Crippen LogP contribution in [0.25, 0.3) is 6.08 Å². The van der Waals surface area contributed by atoms with Crippen LogP contribution in [0.2, 0.25) is 5.02 Å². The number of benzene rings is 1. The smallest absolute Gasteiger partial charge is 0.105 e. The van der Waals surface area contributed by atoms with Crippen molar-refractivity contribution < 1.29 is 0 Å². The molecule has 5 heteroatoms. The van der Waals surface area contributed by atoms with Crippen LogP contribution in [0.1, 0.15) is 48.6 Å². The molecular formula is C25H31ClN4. The highest BCUT2D eigenvalue weighted by molar-refractivity contribution is 6.30. The molecule has 0 bridgehead atoms. The number of aromatic nitrogens is 2. The minimum Gasteiger partial charge on any atom is -0.405 e. The Hall–Kier alpha value is -2.30. The first-order valence-electron chi connectivity index (χ1n) is 10.9. The van der Waals surface area contributed by atoms with Gasteiger partial charge in [0, 0.05) is 24.0 Å². The van der Waals surface area contributed by atoms with Crippen LogP contribution >= 0.6 is 11.6 Å². The predicted octanol–water partition coefficient (Wildman–Crippen LogP) is 5.20. The van der Waals surface area contributed by atoms with Crippen LogP contribution in [0.15, 0.2) is 60.1 Å². The first-order valence-corrected chi connectivity index (χ1v) is 11.3. The molecule has 0 radical (unpaired) electrons. The second-order valence-corrected chi connectivity index (χ2v) is 8.77. The number of nitrogens with zero attached hydrogens (tertiary/aromatic N) is 2. The van der Waals surface area contributed by atoms with Crippen molar-refractivity contribution in [2.45, 2.75) is 45.1 Å². The lowest BCUT2D eigenvalue weighted by Crippen LogP contribution is -2.31. The minimum atomic E-state index is 0.500. The fraction of sp³-hybridized carbons (Fsp3) is 0.400. The number of nitrogens with two attached hydrogens (primary N) is 1. The van der Waals surface area contributed by atoms with E-state index in [1.165, 1.54) is 35.1 Å². The van der Waals surface area contributed by atoms with E-state index in [9.17, 15) is 0 Å². The van der Waals surface area contributed by atoms with Crippen molar-refractivity contribution in [3.63, 3.8) is 0 Å². The van der Waals surface area contributed by atoms with Gasteiger partial charge in [0.25, 0.3) is 0 Å². The minimum absolute atomic E-state index is 0.500. The third-order valence-electron chi connectivity index (χ3n) is 6.54.